The maximum absolute atomic E-state index is 15.5. The third-order valence-electron chi connectivity index (χ3n) is 10.7. The molecule has 2 saturated carbocycles. The summed E-state index contributed by atoms with van der Waals surface area (Å²) in [6.07, 6.45) is -0.551. The largest absolute Gasteiger partial charge is 0.465 e. The number of fused-ring (bicyclic) bond motifs is 1. The maximum atomic E-state index is 15.5. The molecule has 49 heavy (non-hydrogen) atoms. The van der Waals surface area contributed by atoms with Gasteiger partial charge in [-0.15, -0.1) is 0 Å². The van der Waals surface area contributed by atoms with Crippen LogP contribution in [0.1, 0.15) is 79.1 Å². The zero-order valence-corrected chi connectivity index (χ0v) is 29.5. The highest BCUT2D eigenvalue weighted by Gasteiger charge is 2.82. The number of carbonyl (C=O) groups is 6. The molecule has 0 radical (unpaired) electrons. The summed E-state index contributed by atoms with van der Waals surface area (Å²) in [4.78, 5) is 81.6. The third-order valence-corrected chi connectivity index (χ3v) is 10.7. The summed E-state index contributed by atoms with van der Waals surface area (Å²) in [5.74, 6) is -8.24. The van der Waals surface area contributed by atoms with Crippen molar-refractivity contribution < 1.29 is 57.2 Å². The van der Waals surface area contributed by atoms with Crippen molar-refractivity contribution in [2.24, 2.45) is 35.0 Å². The van der Waals surface area contributed by atoms with E-state index in [0.29, 0.717) is 0 Å². The van der Waals surface area contributed by atoms with Crippen LogP contribution in [-0.2, 0) is 52.4 Å². The van der Waals surface area contributed by atoms with Gasteiger partial charge in [-0.05, 0) is 44.9 Å². The fourth-order valence-electron chi connectivity index (χ4n) is 9.10. The van der Waals surface area contributed by atoms with Crippen LogP contribution in [0.2, 0.25) is 0 Å². The predicted octanol–water partition coefficient (Wildman–Crippen LogP) is 4.17. The van der Waals surface area contributed by atoms with Crippen molar-refractivity contribution in [3.63, 3.8) is 0 Å². The molecule has 5 rings (SSSR count). The number of esters is 5. The highest BCUT2D eigenvalue weighted by molar-refractivity contribution is 5.99. The second kappa shape index (κ2) is 12.7. The van der Waals surface area contributed by atoms with Gasteiger partial charge < -0.3 is 28.4 Å². The minimum Gasteiger partial charge on any atom is -0.465 e. The van der Waals surface area contributed by atoms with Gasteiger partial charge in [-0.1, -0.05) is 45.0 Å². The molecular formula is C37H46O12. The van der Waals surface area contributed by atoms with Gasteiger partial charge in [0.05, 0.1) is 28.4 Å². The minimum absolute atomic E-state index is 0.0996. The SMILES string of the molecule is CC(=O)OC[C@@]12[C@H](OC(=O)c3ccccc3)[C@H]3[C@@H](OC(=O)C(C)C)[C@@H](C)C[C@]3(OC(C)=O)C(=O)[C@@]3(C)OC(C)(C)[C@@H](C=C[C@H]1OC(C)=O)[C@H]23. The number of carbonyl (C=O) groups excluding carboxylic acids is 6. The van der Waals surface area contributed by atoms with Crippen molar-refractivity contribution >= 4 is 35.6 Å². The van der Waals surface area contributed by atoms with Gasteiger partial charge >= 0.3 is 29.8 Å². The summed E-state index contributed by atoms with van der Waals surface area (Å²) in [6.45, 7) is 13.4. The van der Waals surface area contributed by atoms with Crippen LogP contribution in [0.5, 0.6) is 0 Å². The van der Waals surface area contributed by atoms with Gasteiger partial charge in [0.15, 0.2) is 5.60 Å². The zero-order valence-electron chi connectivity index (χ0n) is 29.5. The summed E-state index contributed by atoms with van der Waals surface area (Å²) in [7, 11) is 0. The monoisotopic (exact) mass is 682 g/mol. The smallest absolute Gasteiger partial charge is 0.338 e. The molecule has 10 atom stereocenters. The van der Waals surface area contributed by atoms with E-state index < -0.39 is 112 Å². The van der Waals surface area contributed by atoms with Crippen LogP contribution in [-0.4, -0.2) is 77.4 Å². The van der Waals surface area contributed by atoms with Crippen LogP contribution in [0.15, 0.2) is 42.5 Å². The van der Waals surface area contributed by atoms with Gasteiger partial charge in [-0.25, -0.2) is 4.79 Å². The first-order chi connectivity index (χ1) is 22.8. The van der Waals surface area contributed by atoms with Gasteiger partial charge in [-0.2, -0.15) is 0 Å². The maximum Gasteiger partial charge on any atom is 0.338 e. The van der Waals surface area contributed by atoms with E-state index in [0.717, 1.165) is 0 Å². The average Bonchev–Trinajstić information content (AvgIpc) is 3.38. The van der Waals surface area contributed by atoms with Gasteiger partial charge in [0.1, 0.15) is 30.5 Å². The number of hydrogen-bond acceptors (Lipinski definition) is 12. The second-order valence-corrected chi connectivity index (χ2v) is 14.9. The Hall–Kier alpha value is -4.06. The number of ether oxygens (including phenoxy) is 6. The predicted molar refractivity (Wildman–Crippen MR) is 171 cm³/mol. The molecule has 1 aromatic carbocycles. The van der Waals surface area contributed by atoms with Crippen molar-refractivity contribution in [3.8, 4) is 0 Å². The first-order valence-corrected chi connectivity index (χ1v) is 16.7. The topological polar surface area (TPSA) is 158 Å². The molecule has 0 spiro atoms. The molecule has 0 N–H and O–H groups in total. The van der Waals surface area contributed by atoms with E-state index in [1.807, 2.05) is 13.8 Å². The fraction of sp³-hybridized carbons (Fsp3) is 0.622. The van der Waals surface area contributed by atoms with Gasteiger partial charge in [0.25, 0.3) is 0 Å². The first-order valence-electron chi connectivity index (χ1n) is 16.7. The van der Waals surface area contributed by atoms with Crippen LogP contribution in [0.3, 0.4) is 0 Å². The molecule has 1 aromatic rings. The van der Waals surface area contributed by atoms with Crippen LogP contribution < -0.4 is 0 Å². The minimum atomic E-state index is -2.05. The van der Waals surface area contributed by atoms with E-state index in [-0.39, 0.29) is 12.0 Å². The quantitative estimate of drug-likeness (QED) is 0.219. The van der Waals surface area contributed by atoms with Crippen molar-refractivity contribution in [3.05, 3.63) is 48.0 Å². The van der Waals surface area contributed by atoms with E-state index in [4.69, 9.17) is 28.4 Å². The third kappa shape index (κ3) is 5.85. The van der Waals surface area contributed by atoms with Crippen molar-refractivity contribution in [1.29, 1.82) is 0 Å². The highest BCUT2D eigenvalue weighted by atomic mass is 16.6. The lowest BCUT2D eigenvalue weighted by atomic mass is 9.54. The molecule has 12 heteroatoms. The Kier molecular flexibility index (Phi) is 9.37. The Bertz CT molecular complexity index is 1560. The Morgan fingerprint density at radius 2 is 1.55 bits per heavy atom. The summed E-state index contributed by atoms with van der Waals surface area (Å²) in [6, 6.07) is 8.14. The standard InChI is InChI=1S/C37H46O12/c1-19(2)31(41)46-28-20(3)17-37(48-23(6)40)27(28)30(47-32(42)24-13-11-10-12-14-24)36(18-44-21(4)38)26(45-22(5)39)16-15-25-29(36)35(9,33(37)43)49-34(25,7)8/h10-16,19-20,25-30H,17-18H2,1-9H3/t20-,25-,26+,27+,28-,29-,30+,35-,36+,37+/m0/s1. The van der Waals surface area contributed by atoms with E-state index in [9.17, 15) is 24.0 Å². The lowest BCUT2D eigenvalue weighted by Gasteiger charge is -2.53. The molecule has 3 fully saturated rings. The summed E-state index contributed by atoms with van der Waals surface area (Å²) in [5.41, 5.74) is -6.41. The molecule has 0 bridgehead atoms. The lowest BCUT2D eigenvalue weighted by molar-refractivity contribution is -0.207. The molecule has 0 unspecified atom stereocenters. The molecular weight excluding hydrogens is 636 g/mol. The molecule has 12 nitrogen and oxygen atoms in total. The van der Waals surface area contributed by atoms with Crippen LogP contribution in [0.25, 0.3) is 0 Å². The average molecular weight is 683 g/mol. The Labute approximate surface area is 286 Å². The number of rotatable bonds is 8. The first kappa shape index (κ1) is 36.2. The summed E-state index contributed by atoms with van der Waals surface area (Å²) < 4.78 is 37.4. The van der Waals surface area contributed by atoms with Crippen LogP contribution >= 0.6 is 0 Å². The molecule has 1 saturated heterocycles. The van der Waals surface area contributed by atoms with Crippen molar-refractivity contribution in [2.75, 3.05) is 6.61 Å². The van der Waals surface area contributed by atoms with Crippen molar-refractivity contribution in [1.82, 2.24) is 0 Å². The van der Waals surface area contributed by atoms with E-state index in [2.05, 4.69) is 0 Å². The van der Waals surface area contributed by atoms with Crippen LogP contribution in [0, 0.1) is 35.0 Å². The molecule has 3 aliphatic carbocycles. The van der Waals surface area contributed by atoms with Gasteiger partial charge in [0, 0.05) is 39.0 Å². The normalized spacial score (nSPS) is 36.9. The Morgan fingerprint density at radius 3 is 2.12 bits per heavy atom. The number of hydrogen-bond donors (Lipinski definition) is 0. The van der Waals surface area contributed by atoms with Gasteiger partial charge in [-0.3, -0.25) is 24.0 Å². The Balaban J connectivity index is 1.92. The molecule has 4 aliphatic rings. The fourth-order valence-corrected chi connectivity index (χ4v) is 9.10. The number of benzene rings is 1. The zero-order chi connectivity index (χ0) is 36.3. The Morgan fingerprint density at radius 1 is 0.898 bits per heavy atom. The number of ketones is 1. The van der Waals surface area contributed by atoms with Gasteiger partial charge in [0.2, 0.25) is 5.78 Å². The molecule has 0 aromatic heterocycles. The molecule has 1 aliphatic heterocycles. The van der Waals surface area contributed by atoms with Crippen LogP contribution in [0.4, 0.5) is 0 Å². The van der Waals surface area contributed by atoms with E-state index >= 15 is 4.79 Å². The molecule has 1 heterocycles. The number of Topliss-reactive ketones (excluding diaryl/α,β-unsaturated/α-hetero) is 1. The molecule has 0 amide bonds. The summed E-state index contributed by atoms with van der Waals surface area (Å²) >= 11 is 0. The van der Waals surface area contributed by atoms with E-state index in [1.54, 1.807) is 70.2 Å². The highest BCUT2D eigenvalue weighted by Crippen LogP contribution is 2.67. The molecule has 266 valence electrons. The van der Waals surface area contributed by atoms with E-state index in [1.165, 1.54) is 20.8 Å². The van der Waals surface area contributed by atoms with Crippen molar-refractivity contribution in [2.45, 2.75) is 104 Å². The lowest BCUT2D eigenvalue weighted by Crippen LogP contribution is -2.64. The second-order valence-electron chi connectivity index (χ2n) is 14.9. The summed E-state index contributed by atoms with van der Waals surface area (Å²) in [5, 5.41) is 0.